The van der Waals surface area contributed by atoms with E-state index in [-0.39, 0.29) is 5.91 Å². The monoisotopic (exact) mass is 353 g/mol. The molecular formula is C13H12IN3O. The molecule has 2 N–H and O–H groups in total. The fourth-order valence-corrected chi connectivity index (χ4v) is 1.98. The third-order valence-corrected chi connectivity index (χ3v) is 3.34. The number of nitrogens with one attached hydrogen (secondary N) is 2. The first-order valence-electron chi connectivity index (χ1n) is 5.40. The second kappa shape index (κ2) is 5.81. The van der Waals surface area contributed by atoms with Crippen molar-refractivity contribution in [3.63, 3.8) is 0 Å². The Kier molecular flexibility index (Phi) is 4.14. The summed E-state index contributed by atoms with van der Waals surface area (Å²) < 4.78 is 0.994. The van der Waals surface area contributed by atoms with Gasteiger partial charge in [-0.1, -0.05) is 12.1 Å². The third kappa shape index (κ3) is 2.98. The summed E-state index contributed by atoms with van der Waals surface area (Å²) in [7, 11) is 1.80. The van der Waals surface area contributed by atoms with Crippen LogP contribution in [-0.2, 0) is 0 Å². The summed E-state index contributed by atoms with van der Waals surface area (Å²) in [6.45, 7) is 0. The number of halogens is 1. The molecule has 2 rings (SSSR count). The Hall–Kier alpha value is -1.63. The van der Waals surface area contributed by atoms with E-state index >= 15 is 0 Å². The highest BCUT2D eigenvalue weighted by molar-refractivity contribution is 14.1. The van der Waals surface area contributed by atoms with Crippen LogP contribution in [0.5, 0.6) is 0 Å². The van der Waals surface area contributed by atoms with Gasteiger partial charge in [-0.15, -0.1) is 0 Å². The average molecular weight is 353 g/mol. The van der Waals surface area contributed by atoms with E-state index in [4.69, 9.17) is 0 Å². The number of para-hydroxylation sites is 1. The van der Waals surface area contributed by atoms with Crippen LogP contribution in [-0.4, -0.2) is 17.9 Å². The zero-order valence-electron chi connectivity index (χ0n) is 9.77. The first kappa shape index (κ1) is 12.8. The number of anilines is 2. The molecule has 1 aromatic carbocycles. The van der Waals surface area contributed by atoms with Crippen molar-refractivity contribution < 1.29 is 4.79 Å². The molecule has 0 unspecified atom stereocenters. The normalized spacial score (nSPS) is 9.89. The van der Waals surface area contributed by atoms with Gasteiger partial charge >= 0.3 is 0 Å². The first-order valence-corrected chi connectivity index (χ1v) is 6.48. The van der Waals surface area contributed by atoms with E-state index in [2.05, 4.69) is 38.2 Å². The summed E-state index contributed by atoms with van der Waals surface area (Å²) in [6.07, 6.45) is 1.61. The Balaban J connectivity index is 2.19. The van der Waals surface area contributed by atoms with Gasteiger partial charge in [0, 0.05) is 22.5 Å². The summed E-state index contributed by atoms with van der Waals surface area (Å²) >= 11 is 2.18. The first-order chi connectivity index (χ1) is 8.70. The molecule has 0 fully saturated rings. The Bertz CT molecular complexity index is 572. The zero-order chi connectivity index (χ0) is 13.0. The molecule has 0 spiro atoms. The molecule has 4 nitrogen and oxygen atoms in total. The van der Waals surface area contributed by atoms with E-state index in [0.717, 1.165) is 14.9 Å². The molecule has 1 amide bonds. The van der Waals surface area contributed by atoms with E-state index in [1.54, 1.807) is 19.3 Å². The largest absolute Gasteiger partial charge is 0.388 e. The smallest absolute Gasteiger partial charge is 0.274 e. The van der Waals surface area contributed by atoms with Crippen molar-refractivity contribution in [1.82, 2.24) is 4.98 Å². The predicted octanol–water partition coefficient (Wildman–Crippen LogP) is 2.98. The number of carbonyl (C=O) groups excluding carboxylic acids is 1. The molecule has 0 aliphatic heterocycles. The number of hydrogen-bond donors (Lipinski definition) is 2. The number of pyridine rings is 1. The van der Waals surface area contributed by atoms with Gasteiger partial charge in [-0.3, -0.25) is 9.78 Å². The molecule has 0 aliphatic carbocycles. The molecule has 5 heteroatoms. The molecular weight excluding hydrogens is 341 g/mol. The van der Waals surface area contributed by atoms with Crippen LogP contribution in [0.1, 0.15) is 10.5 Å². The molecule has 0 bridgehead atoms. The van der Waals surface area contributed by atoms with E-state index in [0.29, 0.717) is 5.69 Å². The van der Waals surface area contributed by atoms with Crippen LogP contribution in [0.3, 0.4) is 0 Å². The second-order valence-electron chi connectivity index (χ2n) is 3.61. The van der Waals surface area contributed by atoms with E-state index in [1.165, 1.54) is 0 Å². The fraction of sp³-hybridized carbons (Fsp3) is 0.0769. The van der Waals surface area contributed by atoms with Crippen molar-refractivity contribution in [3.05, 3.63) is 51.9 Å². The molecule has 0 aliphatic rings. The van der Waals surface area contributed by atoms with Crippen molar-refractivity contribution in [1.29, 1.82) is 0 Å². The SMILES string of the molecule is CNc1ccnc(C(=O)Nc2ccccc2I)c1. The van der Waals surface area contributed by atoms with Crippen molar-refractivity contribution >= 4 is 39.9 Å². The Labute approximate surface area is 119 Å². The summed E-state index contributed by atoms with van der Waals surface area (Å²) in [6, 6.07) is 11.1. The highest BCUT2D eigenvalue weighted by Crippen LogP contribution is 2.18. The fourth-order valence-electron chi connectivity index (χ4n) is 1.46. The van der Waals surface area contributed by atoms with Gasteiger partial charge in [0.1, 0.15) is 5.69 Å². The lowest BCUT2D eigenvalue weighted by Crippen LogP contribution is -2.14. The van der Waals surface area contributed by atoms with Crippen LogP contribution in [0.25, 0.3) is 0 Å². The second-order valence-corrected chi connectivity index (χ2v) is 4.78. The lowest BCUT2D eigenvalue weighted by Gasteiger charge is -2.07. The molecule has 0 saturated carbocycles. The van der Waals surface area contributed by atoms with E-state index in [9.17, 15) is 4.79 Å². The summed E-state index contributed by atoms with van der Waals surface area (Å²) in [5, 5.41) is 5.82. The van der Waals surface area contributed by atoms with Crippen LogP contribution < -0.4 is 10.6 Å². The highest BCUT2D eigenvalue weighted by atomic mass is 127. The van der Waals surface area contributed by atoms with Crippen molar-refractivity contribution in [2.75, 3.05) is 17.7 Å². The molecule has 1 aromatic heterocycles. The van der Waals surface area contributed by atoms with Crippen LogP contribution in [0.15, 0.2) is 42.6 Å². The van der Waals surface area contributed by atoms with Gasteiger partial charge in [-0.2, -0.15) is 0 Å². The summed E-state index contributed by atoms with van der Waals surface area (Å²) in [5.74, 6) is -0.212. The quantitative estimate of drug-likeness (QED) is 0.835. The van der Waals surface area contributed by atoms with E-state index in [1.807, 2.05) is 30.3 Å². The van der Waals surface area contributed by atoms with Crippen LogP contribution in [0.2, 0.25) is 0 Å². The standard InChI is InChI=1S/C13H12IN3O/c1-15-9-6-7-16-12(8-9)13(18)17-11-5-3-2-4-10(11)14/h2-8H,1H3,(H,15,16)(H,17,18). The summed E-state index contributed by atoms with van der Waals surface area (Å²) in [4.78, 5) is 16.1. The van der Waals surface area contributed by atoms with Gasteiger partial charge in [0.2, 0.25) is 0 Å². The number of amides is 1. The van der Waals surface area contributed by atoms with Crippen molar-refractivity contribution in [3.8, 4) is 0 Å². The number of aromatic nitrogens is 1. The molecule has 1 heterocycles. The minimum absolute atomic E-state index is 0.212. The van der Waals surface area contributed by atoms with Gasteiger partial charge in [-0.25, -0.2) is 0 Å². The molecule has 92 valence electrons. The number of hydrogen-bond acceptors (Lipinski definition) is 3. The van der Waals surface area contributed by atoms with Crippen molar-refractivity contribution in [2.45, 2.75) is 0 Å². The van der Waals surface area contributed by atoms with E-state index < -0.39 is 0 Å². The van der Waals surface area contributed by atoms with Gasteiger partial charge in [0.05, 0.1) is 5.69 Å². The van der Waals surface area contributed by atoms with Gasteiger partial charge in [0.25, 0.3) is 5.91 Å². The minimum atomic E-state index is -0.212. The Morgan fingerprint density at radius 3 is 2.78 bits per heavy atom. The topological polar surface area (TPSA) is 54.0 Å². The molecule has 0 saturated heterocycles. The number of carbonyl (C=O) groups is 1. The van der Waals surface area contributed by atoms with Crippen molar-refractivity contribution in [2.24, 2.45) is 0 Å². The Morgan fingerprint density at radius 2 is 2.06 bits per heavy atom. The van der Waals surface area contributed by atoms with Crippen LogP contribution >= 0.6 is 22.6 Å². The lowest BCUT2D eigenvalue weighted by molar-refractivity contribution is 0.102. The maximum absolute atomic E-state index is 12.0. The van der Waals surface area contributed by atoms with Gasteiger partial charge < -0.3 is 10.6 Å². The number of nitrogens with zero attached hydrogens (tertiary/aromatic N) is 1. The molecule has 0 atom stereocenters. The minimum Gasteiger partial charge on any atom is -0.388 e. The zero-order valence-corrected chi connectivity index (χ0v) is 11.9. The third-order valence-electron chi connectivity index (χ3n) is 2.40. The number of benzene rings is 1. The van der Waals surface area contributed by atoms with Gasteiger partial charge in [0.15, 0.2) is 0 Å². The average Bonchev–Trinajstić information content (AvgIpc) is 2.41. The van der Waals surface area contributed by atoms with Crippen LogP contribution in [0.4, 0.5) is 11.4 Å². The van der Waals surface area contributed by atoms with Crippen LogP contribution in [0, 0.1) is 3.57 Å². The Morgan fingerprint density at radius 1 is 1.28 bits per heavy atom. The summed E-state index contributed by atoms with van der Waals surface area (Å²) in [5.41, 5.74) is 2.04. The highest BCUT2D eigenvalue weighted by Gasteiger charge is 2.09. The molecule has 0 radical (unpaired) electrons. The number of rotatable bonds is 3. The lowest BCUT2D eigenvalue weighted by atomic mass is 10.2. The maximum atomic E-state index is 12.0. The maximum Gasteiger partial charge on any atom is 0.274 e. The molecule has 2 aromatic rings. The van der Waals surface area contributed by atoms with Gasteiger partial charge in [-0.05, 0) is 46.9 Å². The molecule has 18 heavy (non-hydrogen) atoms. The predicted molar refractivity (Wildman–Crippen MR) is 80.9 cm³/mol.